The standard InChI is InChI=1S/C17H14O6/c1-8-4-10(2-3-11(8)19)17-16(22)15(21)14-12(20)5-9(7-18)6-13(14)23-17/h2-6,18-20,22H,7H2,1H3. The second-order valence-corrected chi connectivity index (χ2v) is 5.26. The summed E-state index contributed by atoms with van der Waals surface area (Å²) in [6.07, 6.45) is 0. The number of aliphatic hydroxyl groups is 1. The van der Waals surface area contributed by atoms with Gasteiger partial charge in [0, 0.05) is 5.56 Å². The normalized spacial score (nSPS) is 11.0. The van der Waals surface area contributed by atoms with Gasteiger partial charge in [-0.1, -0.05) is 0 Å². The van der Waals surface area contributed by atoms with Gasteiger partial charge in [0.15, 0.2) is 5.76 Å². The van der Waals surface area contributed by atoms with E-state index < -0.39 is 11.2 Å². The molecule has 2 aromatic carbocycles. The summed E-state index contributed by atoms with van der Waals surface area (Å²) in [7, 11) is 0. The molecule has 0 unspecified atom stereocenters. The first-order valence-corrected chi connectivity index (χ1v) is 6.85. The van der Waals surface area contributed by atoms with Crippen LogP contribution >= 0.6 is 0 Å². The highest BCUT2D eigenvalue weighted by Crippen LogP contribution is 2.35. The summed E-state index contributed by atoms with van der Waals surface area (Å²) in [4.78, 5) is 12.3. The molecule has 4 N–H and O–H groups in total. The number of aliphatic hydroxyl groups excluding tert-OH is 1. The molecule has 0 aliphatic rings. The van der Waals surface area contributed by atoms with Crippen molar-refractivity contribution in [1.29, 1.82) is 0 Å². The first kappa shape index (κ1) is 14.9. The molecule has 0 aliphatic heterocycles. The second kappa shape index (κ2) is 5.33. The molecule has 1 heterocycles. The summed E-state index contributed by atoms with van der Waals surface area (Å²) in [5, 5.41) is 38.7. The highest BCUT2D eigenvalue weighted by atomic mass is 16.4. The average molecular weight is 314 g/mol. The maximum Gasteiger partial charge on any atom is 0.238 e. The molecule has 6 heteroatoms. The van der Waals surface area contributed by atoms with Crippen LogP contribution in [0.15, 0.2) is 39.5 Å². The third kappa shape index (κ3) is 2.39. The highest BCUT2D eigenvalue weighted by molar-refractivity contribution is 5.87. The molecule has 0 amide bonds. The van der Waals surface area contributed by atoms with Gasteiger partial charge in [-0.25, -0.2) is 0 Å². The van der Waals surface area contributed by atoms with Crippen molar-refractivity contribution in [1.82, 2.24) is 0 Å². The van der Waals surface area contributed by atoms with Gasteiger partial charge in [-0.15, -0.1) is 0 Å². The van der Waals surface area contributed by atoms with Crippen molar-refractivity contribution < 1.29 is 24.8 Å². The average Bonchev–Trinajstić information content (AvgIpc) is 2.52. The highest BCUT2D eigenvalue weighted by Gasteiger charge is 2.19. The number of aryl methyl sites for hydroxylation is 1. The Morgan fingerprint density at radius 3 is 2.43 bits per heavy atom. The Hall–Kier alpha value is -2.99. The number of aromatic hydroxyl groups is 3. The van der Waals surface area contributed by atoms with Crippen LogP contribution < -0.4 is 5.43 Å². The fraction of sp³-hybridized carbons (Fsp3) is 0.118. The zero-order valence-electron chi connectivity index (χ0n) is 12.2. The number of rotatable bonds is 2. The van der Waals surface area contributed by atoms with E-state index in [0.29, 0.717) is 16.7 Å². The molecule has 0 fully saturated rings. The van der Waals surface area contributed by atoms with Crippen LogP contribution in [0.1, 0.15) is 11.1 Å². The van der Waals surface area contributed by atoms with Gasteiger partial charge in [0.1, 0.15) is 22.5 Å². The largest absolute Gasteiger partial charge is 0.508 e. The molecule has 1 aromatic heterocycles. The zero-order valence-corrected chi connectivity index (χ0v) is 12.2. The SMILES string of the molecule is Cc1cc(-c2oc3cc(CO)cc(O)c3c(=O)c2O)ccc1O. The van der Waals surface area contributed by atoms with Gasteiger partial charge in [-0.2, -0.15) is 0 Å². The van der Waals surface area contributed by atoms with Crippen LogP contribution in [0.25, 0.3) is 22.3 Å². The molecular formula is C17H14O6. The van der Waals surface area contributed by atoms with Gasteiger partial charge in [-0.05, 0) is 48.4 Å². The monoisotopic (exact) mass is 314 g/mol. The van der Waals surface area contributed by atoms with Gasteiger partial charge < -0.3 is 24.8 Å². The van der Waals surface area contributed by atoms with E-state index in [-0.39, 0.29) is 34.8 Å². The van der Waals surface area contributed by atoms with Crippen LogP contribution in [-0.2, 0) is 6.61 Å². The Morgan fingerprint density at radius 2 is 1.78 bits per heavy atom. The molecule has 23 heavy (non-hydrogen) atoms. The van der Waals surface area contributed by atoms with E-state index in [1.807, 2.05) is 0 Å². The summed E-state index contributed by atoms with van der Waals surface area (Å²) in [6.45, 7) is 1.34. The lowest BCUT2D eigenvalue weighted by Crippen LogP contribution is -2.03. The summed E-state index contributed by atoms with van der Waals surface area (Å²) in [6, 6.07) is 7.16. The Balaban J connectivity index is 2.36. The lowest BCUT2D eigenvalue weighted by molar-refractivity contribution is 0.281. The lowest BCUT2D eigenvalue weighted by atomic mass is 10.1. The summed E-state index contributed by atoms with van der Waals surface area (Å²) in [5.74, 6) is -0.990. The molecule has 118 valence electrons. The Labute approximate surface area is 130 Å². The predicted octanol–water partition coefficient (Wildman–Crippen LogP) is 2.38. The number of benzene rings is 2. The molecule has 3 rings (SSSR count). The summed E-state index contributed by atoms with van der Waals surface area (Å²) >= 11 is 0. The van der Waals surface area contributed by atoms with Crippen LogP contribution in [0.3, 0.4) is 0 Å². The minimum absolute atomic E-state index is 0.0533. The lowest BCUT2D eigenvalue weighted by Gasteiger charge is -2.09. The van der Waals surface area contributed by atoms with E-state index in [0.717, 1.165) is 0 Å². The van der Waals surface area contributed by atoms with E-state index in [1.54, 1.807) is 13.0 Å². The molecule has 0 spiro atoms. The number of hydrogen-bond acceptors (Lipinski definition) is 6. The van der Waals surface area contributed by atoms with Crippen LogP contribution in [0.2, 0.25) is 0 Å². The van der Waals surface area contributed by atoms with Crippen LogP contribution in [-0.4, -0.2) is 20.4 Å². The van der Waals surface area contributed by atoms with Gasteiger partial charge in [0.2, 0.25) is 11.2 Å². The quantitative estimate of drug-likeness (QED) is 0.578. The number of fused-ring (bicyclic) bond motifs is 1. The fourth-order valence-corrected chi connectivity index (χ4v) is 2.43. The Morgan fingerprint density at radius 1 is 1.04 bits per heavy atom. The molecule has 0 saturated carbocycles. The Kier molecular flexibility index (Phi) is 3.46. The number of phenols is 2. The van der Waals surface area contributed by atoms with Crippen molar-refractivity contribution in [2.24, 2.45) is 0 Å². The Bertz CT molecular complexity index is 971. The van der Waals surface area contributed by atoms with E-state index in [9.17, 15) is 25.2 Å². The van der Waals surface area contributed by atoms with E-state index in [2.05, 4.69) is 0 Å². The van der Waals surface area contributed by atoms with Crippen LogP contribution in [0.5, 0.6) is 17.2 Å². The molecule has 3 aromatic rings. The van der Waals surface area contributed by atoms with E-state index in [1.165, 1.54) is 24.3 Å². The summed E-state index contributed by atoms with van der Waals surface area (Å²) < 4.78 is 5.57. The maximum atomic E-state index is 12.3. The smallest absolute Gasteiger partial charge is 0.238 e. The van der Waals surface area contributed by atoms with E-state index >= 15 is 0 Å². The molecule has 0 saturated heterocycles. The van der Waals surface area contributed by atoms with Crippen molar-refractivity contribution in [3.63, 3.8) is 0 Å². The molecule has 0 aliphatic carbocycles. The number of phenolic OH excluding ortho intramolecular Hbond substituents is 2. The van der Waals surface area contributed by atoms with Gasteiger partial charge in [0.05, 0.1) is 6.61 Å². The van der Waals surface area contributed by atoms with Crippen molar-refractivity contribution in [2.75, 3.05) is 0 Å². The van der Waals surface area contributed by atoms with Gasteiger partial charge in [0.25, 0.3) is 0 Å². The van der Waals surface area contributed by atoms with Crippen LogP contribution in [0.4, 0.5) is 0 Å². The second-order valence-electron chi connectivity index (χ2n) is 5.26. The van der Waals surface area contributed by atoms with Crippen molar-refractivity contribution >= 4 is 11.0 Å². The van der Waals surface area contributed by atoms with Crippen molar-refractivity contribution in [3.8, 4) is 28.6 Å². The molecule has 6 nitrogen and oxygen atoms in total. The third-order valence-electron chi connectivity index (χ3n) is 3.65. The zero-order chi connectivity index (χ0) is 16.7. The van der Waals surface area contributed by atoms with Crippen molar-refractivity contribution in [3.05, 3.63) is 51.7 Å². The van der Waals surface area contributed by atoms with Crippen molar-refractivity contribution in [2.45, 2.75) is 13.5 Å². The first-order valence-electron chi connectivity index (χ1n) is 6.85. The van der Waals surface area contributed by atoms with E-state index in [4.69, 9.17) is 4.42 Å². The molecule has 0 bridgehead atoms. The first-order chi connectivity index (χ1) is 10.9. The predicted molar refractivity (Wildman–Crippen MR) is 83.6 cm³/mol. The summed E-state index contributed by atoms with van der Waals surface area (Å²) in [5.41, 5.74) is 0.616. The topological polar surface area (TPSA) is 111 Å². The minimum atomic E-state index is -0.769. The minimum Gasteiger partial charge on any atom is -0.508 e. The maximum absolute atomic E-state index is 12.3. The van der Waals surface area contributed by atoms with Crippen LogP contribution in [0, 0.1) is 6.92 Å². The van der Waals surface area contributed by atoms with Gasteiger partial charge in [-0.3, -0.25) is 4.79 Å². The van der Waals surface area contributed by atoms with Gasteiger partial charge >= 0.3 is 0 Å². The molecular weight excluding hydrogens is 300 g/mol. The molecule has 0 atom stereocenters. The number of hydrogen-bond donors (Lipinski definition) is 4. The fourth-order valence-electron chi connectivity index (χ4n) is 2.43. The third-order valence-corrected chi connectivity index (χ3v) is 3.65. The molecule has 0 radical (unpaired) electrons.